The first-order valence-electron chi connectivity index (χ1n) is 4.98. The van der Waals surface area contributed by atoms with Gasteiger partial charge in [0.05, 0.1) is 6.61 Å². The summed E-state index contributed by atoms with van der Waals surface area (Å²) in [5.41, 5.74) is 0. The first-order chi connectivity index (χ1) is 6.92. The molecule has 0 aliphatic carbocycles. The standard InChI is InChI=1S/C9H19F3N2O/c1-14(2)7-4-3-5-13-6-8-15-9(10,11)12/h13H,3-8H2,1-2H3. The molecule has 92 valence electrons. The minimum Gasteiger partial charge on any atom is -0.314 e. The van der Waals surface area contributed by atoms with Gasteiger partial charge in [0.25, 0.3) is 0 Å². The highest BCUT2D eigenvalue weighted by Gasteiger charge is 2.28. The normalized spacial score (nSPS) is 12.4. The molecule has 0 aromatic heterocycles. The molecule has 0 aliphatic rings. The molecule has 3 nitrogen and oxygen atoms in total. The first kappa shape index (κ1) is 14.7. The molecule has 0 aromatic carbocycles. The molecule has 0 fully saturated rings. The summed E-state index contributed by atoms with van der Waals surface area (Å²) in [4.78, 5) is 2.08. The van der Waals surface area contributed by atoms with Crippen molar-refractivity contribution in [1.82, 2.24) is 10.2 Å². The van der Waals surface area contributed by atoms with Gasteiger partial charge in [-0.05, 0) is 40.0 Å². The van der Waals surface area contributed by atoms with Crippen LogP contribution in [0.3, 0.4) is 0 Å². The van der Waals surface area contributed by atoms with Gasteiger partial charge in [-0.25, -0.2) is 0 Å². The zero-order valence-corrected chi connectivity index (χ0v) is 9.23. The smallest absolute Gasteiger partial charge is 0.314 e. The lowest BCUT2D eigenvalue weighted by molar-refractivity contribution is -0.323. The van der Waals surface area contributed by atoms with Gasteiger partial charge in [0, 0.05) is 6.54 Å². The second kappa shape index (κ2) is 7.90. The van der Waals surface area contributed by atoms with Crippen molar-refractivity contribution in [3.05, 3.63) is 0 Å². The summed E-state index contributed by atoms with van der Waals surface area (Å²) in [5.74, 6) is 0. The maximum atomic E-state index is 11.5. The molecule has 0 aliphatic heterocycles. The van der Waals surface area contributed by atoms with E-state index >= 15 is 0 Å². The van der Waals surface area contributed by atoms with Crippen LogP contribution in [0.2, 0.25) is 0 Å². The highest BCUT2D eigenvalue weighted by Crippen LogP contribution is 2.14. The largest absolute Gasteiger partial charge is 0.522 e. The van der Waals surface area contributed by atoms with Gasteiger partial charge in [0.2, 0.25) is 0 Å². The van der Waals surface area contributed by atoms with Crippen LogP contribution in [0.15, 0.2) is 0 Å². The average Bonchev–Trinajstić information content (AvgIpc) is 2.07. The Labute approximate surface area is 88.6 Å². The molecule has 0 amide bonds. The van der Waals surface area contributed by atoms with Gasteiger partial charge in [-0.3, -0.25) is 4.74 Å². The van der Waals surface area contributed by atoms with E-state index < -0.39 is 6.36 Å². The number of halogens is 3. The molecule has 0 unspecified atom stereocenters. The molecular weight excluding hydrogens is 209 g/mol. The number of nitrogens with zero attached hydrogens (tertiary/aromatic N) is 1. The third-order valence-corrected chi connectivity index (χ3v) is 1.75. The molecule has 0 atom stereocenters. The fraction of sp³-hybridized carbons (Fsp3) is 1.00. The molecule has 0 heterocycles. The number of hydrogen-bond donors (Lipinski definition) is 1. The third-order valence-electron chi connectivity index (χ3n) is 1.75. The summed E-state index contributed by atoms with van der Waals surface area (Å²) in [6.45, 7) is 1.65. The van der Waals surface area contributed by atoms with Crippen LogP contribution in [-0.2, 0) is 4.74 Å². The molecule has 6 heteroatoms. The van der Waals surface area contributed by atoms with E-state index in [0.717, 1.165) is 25.9 Å². The molecule has 15 heavy (non-hydrogen) atoms. The molecule has 0 saturated carbocycles. The number of rotatable bonds is 8. The highest BCUT2D eigenvalue weighted by atomic mass is 19.4. The van der Waals surface area contributed by atoms with Crippen molar-refractivity contribution in [2.24, 2.45) is 0 Å². The fourth-order valence-electron chi connectivity index (χ4n) is 1.04. The van der Waals surface area contributed by atoms with E-state index in [2.05, 4.69) is 15.0 Å². The Hall–Kier alpha value is -0.330. The highest BCUT2D eigenvalue weighted by molar-refractivity contribution is 4.50. The first-order valence-corrected chi connectivity index (χ1v) is 4.98. The van der Waals surface area contributed by atoms with Gasteiger partial charge in [-0.2, -0.15) is 0 Å². The van der Waals surface area contributed by atoms with E-state index in [0.29, 0.717) is 0 Å². The molecule has 0 radical (unpaired) electrons. The summed E-state index contributed by atoms with van der Waals surface area (Å²) >= 11 is 0. The molecule has 0 spiro atoms. The fourth-order valence-corrected chi connectivity index (χ4v) is 1.04. The van der Waals surface area contributed by atoms with Crippen molar-refractivity contribution in [3.8, 4) is 0 Å². The quantitative estimate of drug-likeness (QED) is 0.636. The van der Waals surface area contributed by atoms with Gasteiger partial charge in [-0.1, -0.05) is 0 Å². The zero-order valence-electron chi connectivity index (χ0n) is 9.23. The lowest BCUT2D eigenvalue weighted by atomic mass is 10.3. The molecule has 0 bridgehead atoms. The summed E-state index contributed by atoms with van der Waals surface area (Å²) < 4.78 is 38.2. The van der Waals surface area contributed by atoms with Crippen molar-refractivity contribution in [2.45, 2.75) is 19.2 Å². The van der Waals surface area contributed by atoms with Crippen LogP contribution in [0.4, 0.5) is 13.2 Å². The Morgan fingerprint density at radius 3 is 2.33 bits per heavy atom. The molecular formula is C9H19F3N2O. The summed E-state index contributed by atoms with van der Waals surface area (Å²) in [5, 5.41) is 2.89. The van der Waals surface area contributed by atoms with E-state index in [1.54, 1.807) is 0 Å². The van der Waals surface area contributed by atoms with E-state index in [9.17, 15) is 13.2 Å². The SMILES string of the molecule is CN(C)CCCCNCCOC(F)(F)F. The predicted molar refractivity (Wildman–Crippen MR) is 52.7 cm³/mol. The molecule has 0 rings (SSSR count). The van der Waals surface area contributed by atoms with Crippen LogP contribution in [0, 0.1) is 0 Å². The number of hydrogen-bond acceptors (Lipinski definition) is 3. The van der Waals surface area contributed by atoms with Gasteiger partial charge < -0.3 is 10.2 Å². The molecule has 0 aromatic rings. The minimum absolute atomic E-state index is 0.238. The third kappa shape index (κ3) is 13.7. The van der Waals surface area contributed by atoms with Crippen molar-refractivity contribution in [2.75, 3.05) is 40.3 Å². The second-order valence-electron chi connectivity index (χ2n) is 3.55. The van der Waals surface area contributed by atoms with E-state index in [4.69, 9.17) is 0 Å². The number of alkyl halides is 3. The van der Waals surface area contributed by atoms with Crippen LogP contribution in [0.1, 0.15) is 12.8 Å². The summed E-state index contributed by atoms with van der Waals surface area (Å²) in [6, 6.07) is 0. The predicted octanol–water partition coefficient (Wildman–Crippen LogP) is 1.45. The minimum atomic E-state index is -4.51. The Morgan fingerprint density at radius 1 is 1.13 bits per heavy atom. The van der Waals surface area contributed by atoms with Gasteiger partial charge >= 0.3 is 6.36 Å². The lowest BCUT2D eigenvalue weighted by Gasteiger charge is -2.10. The maximum Gasteiger partial charge on any atom is 0.522 e. The van der Waals surface area contributed by atoms with Crippen molar-refractivity contribution in [3.63, 3.8) is 0 Å². The van der Waals surface area contributed by atoms with E-state index in [1.165, 1.54) is 0 Å². The topological polar surface area (TPSA) is 24.5 Å². The van der Waals surface area contributed by atoms with Gasteiger partial charge in [0.1, 0.15) is 0 Å². The maximum absolute atomic E-state index is 11.5. The summed E-state index contributed by atoms with van der Waals surface area (Å²) in [6.07, 6.45) is -2.50. The van der Waals surface area contributed by atoms with Crippen LogP contribution in [-0.4, -0.2) is 51.6 Å². The van der Waals surface area contributed by atoms with Crippen molar-refractivity contribution < 1.29 is 17.9 Å². The second-order valence-corrected chi connectivity index (χ2v) is 3.55. The zero-order chi connectivity index (χ0) is 11.7. The Balaban J connectivity index is 3.06. The van der Waals surface area contributed by atoms with Crippen LogP contribution < -0.4 is 5.32 Å². The number of unbranched alkanes of at least 4 members (excludes halogenated alkanes) is 1. The molecule has 0 saturated heterocycles. The lowest BCUT2D eigenvalue weighted by Crippen LogP contribution is -2.25. The monoisotopic (exact) mass is 228 g/mol. The Bertz CT molecular complexity index is 151. The van der Waals surface area contributed by atoms with Crippen molar-refractivity contribution >= 4 is 0 Å². The number of ether oxygens (including phenoxy) is 1. The van der Waals surface area contributed by atoms with E-state index in [1.807, 2.05) is 14.1 Å². The Morgan fingerprint density at radius 2 is 1.80 bits per heavy atom. The van der Waals surface area contributed by atoms with Crippen LogP contribution in [0.5, 0.6) is 0 Å². The number of nitrogens with one attached hydrogen (secondary N) is 1. The average molecular weight is 228 g/mol. The van der Waals surface area contributed by atoms with Crippen molar-refractivity contribution in [1.29, 1.82) is 0 Å². The van der Waals surface area contributed by atoms with Crippen LogP contribution >= 0.6 is 0 Å². The van der Waals surface area contributed by atoms with Crippen LogP contribution in [0.25, 0.3) is 0 Å². The van der Waals surface area contributed by atoms with Gasteiger partial charge in [-0.15, -0.1) is 13.2 Å². The Kier molecular flexibility index (Phi) is 7.72. The molecule has 1 N–H and O–H groups in total. The summed E-state index contributed by atoms with van der Waals surface area (Å²) in [7, 11) is 3.98. The van der Waals surface area contributed by atoms with Gasteiger partial charge in [0.15, 0.2) is 0 Å². The van der Waals surface area contributed by atoms with E-state index in [-0.39, 0.29) is 13.2 Å².